The van der Waals surface area contributed by atoms with E-state index < -0.39 is 5.60 Å². The van der Waals surface area contributed by atoms with Gasteiger partial charge in [0.15, 0.2) is 0 Å². The molecule has 1 aromatic rings. The minimum atomic E-state index is -0.776. The van der Waals surface area contributed by atoms with Crippen molar-refractivity contribution >= 4 is 27.7 Å². The molecule has 0 bridgehead atoms. The molecule has 1 aromatic carbocycles. The highest BCUT2D eigenvalue weighted by atomic mass is 79.9. The van der Waals surface area contributed by atoms with Gasteiger partial charge in [0.2, 0.25) is 0 Å². The molecular formula is C17H23BrO2S. The largest absolute Gasteiger partial charge is 0.385 e. The Morgan fingerprint density at radius 3 is 2.62 bits per heavy atom. The highest BCUT2D eigenvalue weighted by molar-refractivity contribution is 9.10. The fraction of sp³-hybridized carbons (Fsp3) is 0.647. The van der Waals surface area contributed by atoms with Crippen molar-refractivity contribution in [3.63, 3.8) is 0 Å². The van der Waals surface area contributed by atoms with Crippen LogP contribution in [0.4, 0.5) is 0 Å². The first-order valence-electron chi connectivity index (χ1n) is 7.72. The van der Waals surface area contributed by atoms with Gasteiger partial charge in [0.05, 0.1) is 11.2 Å². The Hall–Kier alpha value is -0.0300. The molecule has 1 N–H and O–H groups in total. The second kappa shape index (κ2) is 6.23. The Balaban J connectivity index is 1.79. The molecular weight excluding hydrogens is 348 g/mol. The van der Waals surface area contributed by atoms with Crippen molar-refractivity contribution in [1.82, 2.24) is 0 Å². The summed E-state index contributed by atoms with van der Waals surface area (Å²) in [6.45, 7) is 2.75. The van der Waals surface area contributed by atoms with Gasteiger partial charge in [0.25, 0.3) is 0 Å². The van der Waals surface area contributed by atoms with Crippen molar-refractivity contribution in [2.45, 2.75) is 43.8 Å². The average molecular weight is 371 g/mol. The van der Waals surface area contributed by atoms with Gasteiger partial charge in [0, 0.05) is 11.1 Å². The highest BCUT2D eigenvalue weighted by Crippen LogP contribution is 2.45. The minimum absolute atomic E-state index is 0.0213. The fourth-order valence-electron chi connectivity index (χ4n) is 3.62. The Bertz CT molecular complexity index is 475. The first-order chi connectivity index (χ1) is 10.0. The molecule has 0 aromatic heterocycles. The fourth-order valence-corrected chi connectivity index (χ4v) is 5.12. The quantitative estimate of drug-likeness (QED) is 0.838. The number of ether oxygens (including phenoxy) is 1. The Labute approximate surface area is 139 Å². The van der Waals surface area contributed by atoms with E-state index in [1.54, 1.807) is 0 Å². The van der Waals surface area contributed by atoms with Gasteiger partial charge >= 0.3 is 0 Å². The molecule has 0 aliphatic carbocycles. The second-order valence-corrected chi connectivity index (χ2v) is 8.63. The van der Waals surface area contributed by atoms with Crippen molar-refractivity contribution in [2.75, 3.05) is 18.1 Å². The van der Waals surface area contributed by atoms with E-state index in [4.69, 9.17) is 4.74 Å². The summed E-state index contributed by atoms with van der Waals surface area (Å²) in [7, 11) is 0. The van der Waals surface area contributed by atoms with Crippen molar-refractivity contribution in [1.29, 1.82) is 0 Å². The zero-order valence-electron chi connectivity index (χ0n) is 12.5. The summed E-state index contributed by atoms with van der Waals surface area (Å²) in [5, 5.41) is 11.1. The normalized spacial score (nSPS) is 28.2. The van der Waals surface area contributed by atoms with Gasteiger partial charge in [-0.15, -0.1) is 0 Å². The van der Waals surface area contributed by atoms with Crippen LogP contribution in [0.25, 0.3) is 0 Å². The topological polar surface area (TPSA) is 29.5 Å². The summed E-state index contributed by atoms with van der Waals surface area (Å²) in [4.78, 5) is 0. The SMILES string of the molecule is CC(O)(c1ccc(Br)cc1)C1CCOC2(CCSCC2)C1. The number of thioether (sulfide) groups is 1. The molecule has 116 valence electrons. The molecule has 2 unspecified atom stereocenters. The third kappa shape index (κ3) is 3.34. The first-order valence-corrected chi connectivity index (χ1v) is 9.67. The number of rotatable bonds is 2. The monoisotopic (exact) mass is 370 g/mol. The van der Waals surface area contributed by atoms with Gasteiger partial charge in [0.1, 0.15) is 0 Å². The van der Waals surface area contributed by atoms with Crippen LogP contribution >= 0.6 is 27.7 Å². The van der Waals surface area contributed by atoms with Gasteiger partial charge in [-0.3, -0.25) is 0 Å². The summed E-state index contributed by atoms with van der Waals surface area (Å²) >= 11 is 5.48. The molecule has 2 aliphatic heterocycles. The minimum Gasteiger partial charge on any atom is -0.385 e. The van der Waals surface area contributed by atoms with E-state index in [-0.39, 0.29) is 11.5 Å². The van der Waals surface area contributed by atoms with Crippen LogP contribution in [0.3, 0.4) is 0 Å². The van der Waals surface area contributed by atoms with E-state index in [1.165, 1.54) is 11.5 Å². The predicted octanol–water partition coefficient (Wildman–Crippen LogP) is 4.35. The highest BCUT2D eigenvalue weighted by Gasteiger charge is 2.45. The third-order valence-corrected chi connectivity index (χ3v) is 6.63. The first kappa shape index (κ1) is 15.9. The van der Waals surface area contributed by atoms with Crippen molar-refractivity contribution in [3.8, 4) is 0 Å². The lowest BCUT2D eigenvalue weighted by Crippen LogP contribution is -2.47. The van der Waals surface area contributed by atoms with E-state index in [0.29, 0.717) is 0 Å². The number of aliphatic hydroxyl groups is 1. The summed E-state index contributed by atoms with van der Waals surface area (Å²) in [6, 6.07) is 8.08. The second-order valence-electron chi connectivity index (χ2n) is 6.49. The lowest BCUT2D eigenvalue weighted by Gasteiger charge is -2.47. The molecule has 2 nitrogen and oxygen atoms in total. The zero-order valence-corrected chi connectivity index (χ0v) is 14.9. The molecule has 2 saturated heterocycles. The van der Waals surface area contributed by atoms with Crippen LogP contribution in [-0.4, -0.2) is 28.8 Å². The molecule has 0 amide bonds. The van der Waals surface area contributed by atoms with Crippen molar-refractivity contribution < 1.29 is 9.84 Å². The summed E-state index contributed by atoms with van der Waals surface area (Å²) < 4.78 is 7.21. The molecule has 2 heterocycles. The Morgan fingerprint density at radius 2 is 1.95 bits per heavy atom. The van der Waals surface area contributed by atoms with E-state index >= 15 is 0 Å². The molecule has 4 heteroatoms. The van der Waals surface area contributed by atoms with Crippen LogP contribution in [0, 0.1) is 5.92 Å². The maximum absolute atomic E-state index is 11.1. The molecule has 0 saturated carbocycles. The third-order valence-electron chi connectivity index (χ3n) is 5.12. The molecule has 2 atom stereocenters. The zero-order chi connectivity index (χ0) is 14.9. The summed E-state index contributed by atoms with van der Waals surface area (Å²) in [6.07, 6.45) is 4.18. The molecule has 2 fully saturated rings. The summed E-state index contributed by atoms with van der Waals surface area (Å²) in [5.74, 6) is 2.65. The van der Waals surface area contributed by atoms with E-state index in [1.807, 2.05) is 43.0 Å². The molecule has 21 heavy (non-hydrogen) atoms. The van der Waals surface area contributed by atoms with E-state index in [0.717, 1.165) is 42.3 Å². The standard InChI is InChI=1S/C17H23BrO2S/c1-16(19,13-2-4-15(18)5-3-13)14-6-9-20-17(12-14)7-10-21-11-8-17/h2-5,14,19H,6-12H2,1H3. The molecule has 0 radical (unpaired) electrons. The van der Waals surface area contributed by atoms with Gasteiger partial charge < -0.3 is 9.84 Å². The van der Waals surface area contributed by atoms with Gasteiger partial charge in [-0.2, -0.15) is 11.8 Å². The number of hydrogen-bond donors (Lipinski definition) is 1. The van der Waals surface area contributed by atoms with Gasteiger partial charge in [-0.05, 0) is 67.7 Å². The lowest BCUT2D eigenvalue weighted by molar-refractivity contribution is -0.144. The van der Waals surface area contributed by atoms with Gasteiger partial charge in [-0.25, -0.2) is 0 Å². The average Bonchev–Trinajstić information content (AvgIpc) is 2.48. The summed E-state index contributed by atoms with van der Waals surface area (Å²) in [5.41, 5.74) is 0.258. The number of hydrogen-bond acceptors (Lipinski definition) is 3. The lowest BCUT2D eigenvalue weighted by atomic mass is 9.72. The smallest absolute Gasteiger partial charge is 0.0898 e. The predicted molar refractivity (Wildman–Crippen MR) is 91.7 cm³/mol. The van der Waals surface area contributed by atoms with Crippen molar-refractivity contribution in [2.24, 2.45) is 5.92 Å². The maximum Gasteiger partial charge on any atom is 0.0898 e. The Morgan fingerprint density at radius 1 is 1.29 bits per heavy atom. The van der Waals surface area contributed by atoms with E-state index in [9.17, 15) is 5.11 Å². The Kier molecular flexibility index (Phi) is 4.70. The van der Waals surface area contributed by atoms with Crippen LogP contribution in [0.2, 0.25) is 0 Å². The van der Waals surface area contributed by atoms with E-state index in [2.05, 4.69) is 15.9 Å². The van der Waals surface area contributed by atoms with Crippen LogP contribution in [0.5, 0.6) is 0 Å². The number of benzene rings is 1. The van der Waals surface area contributed by atoms with Gasteiger partial charge in [-0.1, -0.05) is 28.1 Å². The van der Waals surface area contributed by atoms with Crippen LogP contribution in [0.1, 0.15) is 38.2 Å². The van der Waals surface area contributed by atoms with Crippen LogP contribution < -0.4 is 0 Å². The molecule has 3 rings (SSSR count). The van der Waals surface area contributed by atoms with Crippen LogP contribution in [0.15, 0.2) is 28.7 Å². The number of halogens is 1. The molecule has 1 spiro atoms. The maximum atomic E-state index is 11.1. The molecule has 2 aliphatic rings. The van der Waals surface area contributed by atoms with Crippen molar-refractivity contribution in [3.05, 3.63) is 34.3 Å². The van der Waals surface area contributed by atoms with Crippen LogP contribution in [-0.2, 0) is 10.3 Å².